The zero-order valence-corrected chi connectivity index (χ0v) is 13.8. The Balaban J connectivity index is 1.76. The lowest BCUT2D eigenvalue weighted by molar-refractivity contribution is 0.409. The molecule has 1 aromatic rings. The largest absolute Gasteiger partial charge is 0.307 e. The lowest BCUT2D eigenvalue weighted by atomic mass is 10.0. The van der Waals surface area contributed by atoms with Gasteiger partial charge in [-0.2, -0.15) is 0 Å². The third kappa shape index (κ3) is 4.82. The van der Waals surface area contributed by atoms with Crippen LogP contribution < -0.4 is 5.32 Å². The van der Waals surface area contributed by atoms with E-state index in [1.54, 1.807) is 0 Å². The molecule has 0 amide bonds. The van der Waals surface area contributed by atoms with Crippen molar-refractivity contribution < 1.29 is 0 Å². The second-order valence-corrected chi connectivity index (χ2v) is 7.13. The van der Waals surface area contributed by atoms with E-state index in [1.807, 2.05) is 11.8 Å². The lowest BCUT2D eigenvalue weighted by Gasteiger charge is -2.29. The molecule has 1 aliphatic rings. The number of thioether (sulfide) groups is 1. The fourth-order valence-corrected chi connectivity index (χ4v) is 4.12. The smallest absolute Gasteiger partial charge is 0.0341 e. The molecular weight excluding hydrogens is 262 g/mol. The molecule has 2 heteroatoms. The monoisotopic (exact) mass is 291 g/mol. The minimum Gasteiger partial charge on any atom is -0.307 e. The molecule has 2 rings (SSSR count). The van der Waals surface area contributed by atoms with E-state index in [0.29, 0.717) is 12.1 Å². The van der Waals surface area contributed by atoms with Gasteiger partial charge in [-0.15, -0.1) is 11.8 Å². The average Bonchev–Trinajstić information content (AvgIpc) is 2.47. The topological polar surface area (TPSA) is 12.0 Å². The Kier molecular flexibility index (Phi) is 6.95. The molecule has 112 valence electrons. The van der Waals surface area contributed by atoms with Crippen molar-refractivity contribution in [2.45, 2.75) is 75.8 Å². The zero-order chi connectivity index (χ0) is 14.2. The van der Waals surface area contributed by atoms with E-state index in [-0.39, 0.29) is 0 Å². The first-order chi connectivity index (χ1) is 9.81. The Morgan fingerprint density at radius 2 is 2.00 bits per heavy atom. The first kappa shape index (κ1) is 15.9. The summed E-state index contributed by atoms with van der Waals surface area (Å²) in [5.74, 6) is 1.25. The molecular formula is C18H29NS. The molecule has 0 radical (unpaired) electrons. The lowest BCUT2D eigenvalue weighted by Crippen LogP contribution is -2.32. The molecule has 1 heterocycles. The molecule has 0 saturated heterocycles. The zero-order valence-electron chi connectivity index (χ0n) is 13.0. The summed E-state index contributed by atoms with van der Waals surface area (Å²) in [7, 11) is 0. The maximum atomic E-state index is 3.85. The van der Waals surface area contributed by atoms with E-state index in [1.165, 1.54) is 61.2 Å². The number of rotatable bonds is 8. The molecule has 2 unspecified atom stereocenters. The van der Waals surface area contributed by atoms with Crippen LogP contribution in [-0.4, -0.2) is 11.8 Å². The summed E-state index contributed by atoms with van der Waals surface area (Å²) in [6.45, 7) is 4.63. The Morgan fingerprint density at radius 1 is 1.20 bits per heavy atom. The van der Waals surface area contributed by atoms with Crippen LogP contribution in [0.4, 0.5) is 0 Å². The summed E-state index contributed by atoms with van der Waals surface area (Å²) < 4.78 is 0. The molecule has 0 fully saturated rings. The van der Waals surface area contributed by atoms with Crippen LogP contribution in [0.25, 0.3) is 0 Å². The fraction of sp³-hybridized carbons (Fsp3) is 0.667. The van der Waals surface area contributed by atoms with Gasteiger partial charge in [0.2, 0.25) is 0 Å². The quantitative estimate of drug-likeness (QED) is 0.629. The van der Waals surface area contributed by atoms with E-state index in [4.69, 9.17) is 0 Å². The van der Waals surface area contributed by atoms with Crippen LogP contribution >= 0.6 is 11.8 Å². The van der Waals surface area contributed by atoms with Crippen molar-refractivity contribution >= 4 is 11.8 Å². The average molecular weight is 292 g/mol. The van der Waals surface area contributed by atoms with Gasteiger partial charge in [0.25, 0.3) is 0 Å². The van der Waals surface area contributed by atoms with Gasteiger partial charge in [-0.05, 0) is 37.1 Å². The first-order valence-corrected chi connectivity index (χ1v) is 9.27. The highest BCUT2D eigenvalue weighted by Crippen LogP contribution is 2.36. The summed E-state index contributed by atoms with van der Waals surface area (Å²) in [5, 5.41) is 3.85. The minimum atomic E-state index is 0.568. The van der Waals surface area contributed by atoms with Crippen molar-refractivity contribution in [1.29, 1.82) is 0 Å². The normalized spacial score (nSPS) is 19.6. The maximum absolute atomic E-state index is 3.85. The molecule has 0 aliphatic carbocycles. The predicted octanol–water partition coefficient (Wildman–Crippen LogP) is 5.56. The summed E-state index contributed by atoms with van der Waals surface area (Å²) >= 11 is 2.01. The van der Waals surface area contributed by atoms with Gasteiger partial charge < -0.3 is 5.32 Å². The van der Waals surface area contributed by atoms with Gasteiger partial charge >= 0.3 is 0 Å². The molecule has 1 aliphatic heterocycles. The third-order valence-electron chi connectivity index (χ3n) is 4.18. The Morgan fingerprint density at radius 3 is 2.85 bits per heavy atom. The number of nitrogens with one attached hydrogen (secondary N) is 1. The van der Waals surface area contributed by atoms with Gasteiger partial charge in [-0.25, -0.2) is 0 Å². The second-order valence-electron chi connectivity index (χ2n) is 6.00. The third-order valence-corrected chi connectivity index (χ3v) is 5.31. The second kappa shape index (κ2) is 8.74. The van der Waals surface area contributed by atoms with Gasteiger partial charge in [0.15, 0.2) is 0 Å². The van der Waals surface area contributed by atoms with Crippen molar-refractivity contribution in [3.8, 4) is 0 Å². The van der Waals surface area contributed by atoms with E-state index >= 15 is 0 Å². The van der Waals surface area contributed by atoms with E-state index < -0.39 is 0 Å². The van der Waals surface area contributed by atoms with Gasteiger partial charge in [-0.1, -0.05) is 57.2 Å². The van der Waals surface area contributed by atoms with E-state index in [0.717, 1.165) is 0 Å². The van der Waals surface area contributed by atoms with Gasteiger partial charge in [0, 0.05) is 17.0 Å². The number of fused-ring (bicyclic) bond motifs is 1. The standard InChI is InChI=1S/C18H29NS/c1-3-4-5-6-7-10-15(2)19-17-13-14-20-18-12-9-8-11-16(17)18/h8-9,11-12,15,17,19H,3-7,10,13-14H2,1-2H3. The maximum Gasteiger partial charge on any atom is 0.0341 e. The van der Waals surface area contributed by atoms with Crippen LogP contribution in [0.15, 0.2) is 29.2 Å². The Labute approximate surface area is 128 Å². The van der Waals surface area contributed by atoms with Crippen LogP contribution in [-0.2, 0) is 0 Å². The fourth-order valence-electron chi connectivity index (χ4n) is 3.00. The summed E-state index contributed by atoms with van der Waals surface area (Å²) in [6, 6.07) is 10.1. The van der Waals surface area contributed by atoms with Crippen LogP contribution in [0, 0.1) is 0 Å². The summed E-state index contributed by atoms with van der Waals surface area (Å²) in [4.78, 5) is 1.48. The number of hydrogen-bond acceptors (Lipinski definition) is 2. The van der Waals surface area contributed by atoms with Crippen LogP contribution in [0.5, 0.6) is 0 Å². The number of hydrogen-bond donors (Lipinski definition) is 1. The highest BCUT2D eigenvalue weighted by atomic mass is 32.2. The van der Waals surface area contributed by atoms with Gasteiger partial charge in [0.05, 0.1) is 0 Å². The Bertz CT molecular complexity index is 391. The molecule has 1 nitrogen and oxygen atoms in total. The number of benzene rings is 1. The molecule has 1 N–H and O–H groups in total. The minimum absolute atomic E-state index is 0.568. The SMILES string of the molecule is CCCCCCCC(C)NC1CCSc2ccccc21. The molecule has 0 bridgehead atoms. The van der Waals surface area contributed by atoms with Crippen LogP contribution in [0.3, 0.4) is 0 Å². The molecule has 0 spiro atoms. The first-order valence-electron chi connectivity index (χ1n) is 8.29. The molecule has 2 atom stereocenters. The van der Waals surface area contributed by atoms with Crippen molar-refractivity contribution in [1.82, 2.24) is 5.32 Å². The highest BCUT2D eigenvalue weighted by molar-refractivity contribution is 7.99. The van der Waals surface area contributed by atoms with Crippen molar-refractivity contribution in [3.05, 3.63) is 29.8 Å². The summed E-state index contributed by atoms with van der Waals surface area (Å²) in [5.41, 5.74) is 1.52. The van der Waals surface area contributed by atoms with Gasteiger partial charge in [0.1, 0.15) is 0 Å². The highest BCUT2D eigenvalue weighted by Gasteiger charge is 2.21. The van der Waals surface area contributed by atoms with Crippen molar-refractivity contribution in [2.24, 2.45) is 0 Å². The molecule has 0 saturated carbocycles. The summed E-state index contributed by atoms with van der Waals surface area (Å²) in [6.07, 6.45) is 9.50. The molecule has 0 aromatic heterocycles. The predicted molar refractivity (Wildman–Crippen MR) is 90.5 cm³/mol. The van der Waals surface area contributed by atoms with Crippen molar-refractivity contribution in [2.75, 3.05) is 5.75 Å². The molecule has 20 heavy (non-hydrogen) atoms. The van der Waals surface area contributed by atoms with Gasteiger partial charge in [-0.3, -0.25) is 0 Å². The van der Waals surface area contributed by atoms with E-state index in [2.05, 4.69) is 43.4 Å². The van der Waals surface area contributed by atoms with Crippen LogP contribution in [0.2, 0.25) is 0 Å². The van der Waals surface area contributed by atoms with Crippen molar-refractivity contribution in [3.63, 3.8) is 0 Å². The Hall–Kier alpha value is -0.470. The number of unbranched alkanes of at least 4 members (excludes halogenated alkanes) is 4. The van der Waals surface area contributed by atoms with Crippen LogP contribution in [0.1, 0.15) is 70.4 Å². The van der Waals surface area contributed by atoms with E-state index in [9.17, 15) is 0 Å². The molecule has 1 aromatic carbocycles.